The minimum atomic E-state index is -1.12. The van der Waals surface area contributed by atoms with E-state index in [1.807, 2.05) is 6.07 Å². The molecular weight excluding hydrogens is 428 g/mol. The molecule has 5 N–H and O–H groups in total. The third kappa shape index (κ3) is 4.99. The quantitative estimate of drug-likeness (QED) is 0.245. The topological polar surface area (TPSA) is 162 Å². The fraction of sp³-hybridized carbons (Fsp3) is 0.227. The standard InChI is InChI=1S/C22H22N6O5/c29-21-20(17(22(30)31)6-13-4-2-1-3-5-13)27-19-14(9-23-10-15-11-24-12-25-15)7-16(28(32)33)8-18(19)26-21/h1-5,7-8,11-12,17,20,23,27H,6,9-10H2,(H,24,25)(H,26,29)(H,30,31). The number of aliphatic carboxylic acids is 1. The van der Waals surface area contributed by atoms with E-state index in [-0.39, 0.29) is 24.3 Å². The first-order valence-corrected chi connectivity index (χ1v) is 10.3. The van der Waals surface area contributed by atoms with E-state index in [2.05, 4.69) is 25.9 Å². The van der Waals surface area contributed by atoms with E-state index in [1.54, 1.807) is 36.8 Å². The number of aromatic amines is 1. The summed E-state index contributed by atoms with van der Waals surface area (Å²) in [4.78, 5) is 42.7. The predicted octanol–water partition coefficient (Wildman–Crippen LogP) is 2.28. The number of nitrogens with zero attached hydrogens (tertiary/aromatic N) is 2. The van der Waals surface area contributed by atoms with Gasteiger partial charge in [0.2, 0.25) is 5.91 Å². The number of imidazole rings is 1. The first-order chi connectivity index (χ1) is 15.9. The number of nitrogens with one attached hydrogen (secondary N) is 4. The summed E-state index contributed by atoms with van der Waals surface area (Å²) in [5.41, 5.74) is 2.69. The van der Waals surface area contributed by atoms with Gasteiger partial charge in [-0.15, -0.1) is 0 Å². The van der Waals surface area contributed by atoms with E-state index in [0.717, 1.165) is 11.3 Å². The van der Waals surface area contributed by atoms with Gasteiger partial charge in [0, 0.05) is 37.1 Å². The number of H-pyrrole nitrogens is 1. The highest BCUT2D eigenvalue weighted by Gasteiger charge is 2.38. The van der Waals surface area contributed by atoms with Crippen LogP contribution >= 0.6 is 0 Å². The number of carboxylic acid groups (broad SMARTS) is 1. The molecule has 0 spiro atoms. The number of hydrogen-bond donors (Lipinski definition) is 5. The van der Waals surface area contributed by atoms with Gasteiger partial charge in [-0.2, -0.15) is 0 Å². The molecule has 0 aliphatic carbocycles. The van der Waals surface area contributed by atoms with E-state index in [0.29, 0.717) is 17.8 Å². The van der Waals surface area contributed by atoms with Crippen molar-refractivity contribution in [3.8, 4) is 0 Å². The molecule has 2 atom stereocenters. The Labute approximate surface area is 188 Å². The van der Waals surface area contributed by atoms with Crippen LogP contribution in [0.2, 0.25) is 0 Å². The molecule has 11 nitrogen and oxygen atoms in total. The normalized spacial score (nSPS) is 15.8. The van der Waals surface area contributed by atoms with Gasteiger partial charge in [-0.25, -0.2) is 4.98 Å². The second kappa shape index (κ2) is 9.49. The maximum atomic E-state index is 12.8. The van der Waals surface area contributed by atoms with Gasteiger partial charge in [0.15, 0.2) is 0 Å². The molecule has 1 amide bonds. The SMILES string of the molecule is O=C(O)C(Cc1ccccc1)C1Nc2c(CNCc3cnc[nH]3)cc([N+](=O)[O-])cc2NC1=O. The van der Waals surface area contributed by atoms with E-state index >= 15 is 0 Å². The van der Waals surface area contributed by atoms with Crippen LogP contribution in [-0.2, 0) is 29.1 Å². The predicted molar refractivity (Wildman–Crippen MR) is 120 cm³/mol. The van der Waals surface area contributed by atoms with Gasteiger partial charge >= 0.3 is 5.97 Å². The molecule has 11 heteroatoms. The van der Waals surface area contributed by atoms with Crippen LogP contribution < -0.4 is 16.0 Å². The van der Waals surface area contributed by atoms with Crippen LogP contribution in [0.15, 0.2) is 55.0 Å². The summed E-state index contributed by atoms with van der Waals surface area (Å²) in [6, 6.07) is 10.7. The molecule has 1 aliphatic rings. The summed E-state index contributed by atoms with van der Waals surface area (Å²) >= 11 is 0. The highest BCUT2D eigenvalue weighted by atomic mass is 16.6. The minimum Gasteiger partial charge on any atom is -0.481 e. The van der Waals surface area contributed by atoms with Crippen molar-refractivity contribution in [2.24, 2.45) is 5.92 Å². The van der Waals surface area contributed by atoms with Gasteiger partial charge in [0.25, 0.3) is 5.69 Å². The Morgan fingerprint density at radius 1 is 1.24 bits per heavy atom. The summed E-state index contributed by atoms with van der Waals surface area (Å²) in [5.74, 6) is -2.71. The number of amides is 1. The van der Waals surface area contributed by atoms with Gasteiger partial charge in [-0.1, -0.05) is 30.3 Å². The van der Waals surface area contributed by atoms with Gasteiger partial charge in [0.05, 0.1) is 28.5 Å². The number of carboxylic acids is 1. The van der Waals surface area contributed by atoms with Crippen molar-refractivity contribution in [1.82, 2.24) is 15.3 Å². The number of fused-ring (bicyclic) bond motifs is 1. The number of nitro groups is 1. The zero-order valence-electron chi connectivity index (χ0n) is 17.4. The van der Waals surface area contributed by atoms with Crippen LogP contribution in [0.3, 0.4) is 0 Å². The Morgan fingerprint density at radius 3 is 2.70 bits per heavy atom. The molecule has 2 heterocycles. The Morgan fingerprint density at radius 2 is 2.03 bits per heavy atom. The van der Waals surface area contributed by atoms with Crippen molar-refractivity contribution in [1.29, 1.82) is 0 Å². The zero-order valence-corrected chi connectivity index (χ0v) is 17.4. The Bertz CT molecular complexity index is 1170. The van der Waals surface area contributed by atoms with Crippen LogP contribution in [0, 0.1) is 16.0 Å². The lowest BCUT2D eigenvalue weighted by Crippen LogP contribution is -2.48. The molecule has 33 heavy (non-hydrogen) atoms. The van der Waals surface area contributed by atoms with Crippen LogP contribution in [0.1, 0.15) is 16.8 Å². The summed E-state index contributed by atoms with van der Waals surface area (Å²) in [7, 11) is 0. The third-order valence-electron chi connectivity index (χ3n) is 5.46. The molecule has 0 radical (unpaired) electrons. The largest absolute Gasteiger partial charge is 0.481 e. The third-order valence-corrected chi connectivity index (χ3v) is 5.46. The minimum absolute atomic E-state index is 0.150. The highest BCUT2D eigenvalue weighted by molar-refractivity contribution is 6.06. The molecule has 170 valence electrons. The lowest BCUT2D eigenvalue weighted by atomic mass is 9.89. The number of aromatic nitrogens is 2. The van der Waals surface area contributed by atoms with Gasteiger partial charge in [-0.3, -0.25) is 19.7 Å². The highest BCUT2D eigenvalue weighted by Crippen LogP contribution is 2.36. The maximum absolute atomic E-state index is 12.8. The molecule has 1 aliphatic heterocycles. The Balaban J connectivity index is 1.62. The molecular formula is C22H22N6O5. The second-order valence-corrected chi connectivity index (χ2v) is 7.71. The van der Waals surface area contributed by atoms with Crippen molar-refractivity contribution in [3.63, 3.8) is 0 Å². The zero-order chi connectivity index (χ0) is 23.4. The van der Waals surface area contributed by atoms with E-state index in [4.69, 9.17) is 0 Å². The lowest BCUT2D eigenvalue weighted by molar-refractivity contribution is -0.384. The van der Waals surface area contributed by atoms with Crippen molar-refractivity contribution in [2.75, 3.05) is 10.6 Å². The molecule has 0 saturated heterocycles. The molecule has 2 aromatic carbocycles. The molecule has 0 bridgehead atoms. The number of non-ortho nitro benzene ring substituents is 1. The van der Waals surface area contributed by atoms with Crippen molar-refractivity contribution < 1.29 is 19.6 Å². The fourth-order valence-electron chi connectivity index (χ4n) is 3.84. The number of carbonyl (C=O) groups excluding carboxylic acids is 1. The summed E-state index contributed by atoms with van der Waals surface area (Å²) in [5, 5.41) is 30.1. The molecule has 0 saturated carbocycles. The second-order valence-electron chi connectivity index (χ2n) is 7.71. The monoisotopic (exact) mass is 450 g/mol. The van der Waals surface area contributed by atoms with E-state index in [1.165, 1.54) is 12.1 Å². The summed E-state index contributed by atoms with van der Waals surface area (Å²) in [6.07, 6.45) is 3.36. The first kappa shape index (κ1) is 22.0. The summed E-state index contributed by atoms with van der Waals surface area (Å²) < 4.78 is 0. The molecule has 1 aromatic heterocycles. The summed E-state index contributed by atoms with van der Waals surface area (Å²) in [6.45, 7) is 0.689. The van der Waals surface area contributed by atoms with Gasteiger partial charge in [-0.05, 0) is 17.5 Å². The molecule has 3 aromatic rings. The van der Waals surface area contributed by atoms with Gasteiger partial charge in [0.1, 0.15) is 6.04 Å². The van der Waals surface area contributed by atoms with Crippen LogP contribution in [0.4, 0.5) is 17.1 Å². The molecule has 4 rings (SSSR count). The average molecular weight is 450 g/mol. The van der Waals surface area contributed by atoms with Crippen molar-refractivity contribution >= 4 is 28.9 Å². The lowest BCUT2D eigenvalue weighted by Gasteiger charge is -2.32. The average Bonchev–Trinajstić information content (AvgIpc) is 3.31. The number of rotatable bonds is 9. The van der Waals surface area contributed by atoms with Crippen LogP contribution in [-0.4, -0.2) is 37.9 Å². The first-order valence-electron chi connectivity index (χ1n) is 10.3. The van der Waals surface area contributed by atoms with Gasteiger partial charge < -0.3 is 26.0 Å². The van der Waals surface area contributed by atoms with Crippen molar-refractivity contribution in [2.45, 2.75) is 25.6 Å². The Kier molecular flexibility index (Phi) is 6.31. The number of anilines is 2. The van der Waals surface area contributed by atoms with E-state index in [9.17, 15) is 24.8 Å². The fourth-order valence-corrected chi connectivity index (χ4v) is 3.84. The van der Waals surface area contributed by atoms with Crippen LogP contribution in [0.5, 0.6) is 0 Å². The van der Waals surface area contributed by atoms with Crippen molar-refractivity contribution in [3.05, 3.63) is 81.9 Å². The molecule has 0 fully saturated rings. The Hall–Kier alpha value is -4.25. The maximum Gasteiger partial charge on any atom is 0.309 e. The molecule has 2 unspecified atom stereocenters. The number of benzene rings is 2. The number of hydrogen-bond acceptors (Lipinski definition) is 7. The smallest absolute Gasteiger partial charge is 0.309 e. The number of carbonyl (C=O) groups is 2. The van der Waals surface area contributed by atoms with Crippen LogP contribution in [0.25, 0.3) is 0 Å². The van der Waals surface area contributed by atoms with E-state index < -0.39 is 28.8 Å². The number of nitro benzene ring substituents is 1.